The minimum atomic E-state index is -0.843. The van der Waals surface area contributed by atoms with E-state index in [1.54, 1.807) is 4.90 Å². The number of hydrogen-bond donors (Lipinski definition) is 3. The molecule has 128 valence electrons. The third-order valence-corrected chi connectivity index (χ3v) is 4.45. The lowest BCUT2D eigenvalue weighted by Gasteiger charge is -2.35. The van der Waals surface area contributed by atoms with Crippen molar-refractivity contribution < 1.29 is 14.7 Å². The number of carbonyl (C=O) groups is 2. The largest absolute Gasteiger partial charge is 0.481 e. The molecular weight excluding hydrogens is 308 g/mol. The fraction of sp³-hybridized carbons (Fsp3) is 0.471. The van der Waals surface area contributed by atoms with Crippen molar-refractivity contribution in [3.8, 4) is 0 Å². The van der Waals surface area contributed by atoms with Crippen LogP contribution in [0.25, 0.3) is 11.0 Å². The predicted molar refractivity (Wildman–Crippen MR) is 89.5 cm³/mol. The van der Waals surface area contributed by atoms with Crippen LogP contribution in [0.2, 0.25) is 0 Å². The number of piperidine rings is 1. The van der Waals surface area contributed by atoms with E-state index >= 15 is 0 Å². The zero-order chi connectivity index (χ0) is 17.3. The van der Waals surface area contributed by atoms with Gasteiger partial charge in [0.15, 0.2) is 0 Å². The minimum absolute atomic E-state index is 0.173. The van der Waals surface area contributed by atoms with Crippen LogP contribution in [0.5, 0.6) is 0 Å². The molecule has 2 aromatic rings. The first-order valence-electron chi connectivity index (χ1n) is 8.17. The SMILES string of the molecule is CC1CC(C(=O)O)CN(C(=O)NC(C)c2nc3ccccc3[nH]2)C1. The third kappa shape index (κ3) is 3.34. The van der Waals surface area contributed by atoms with E-state index in [0.717, 1.165) is 11.0 Å². The molecule has 2 heterocycles. The molecule has 1 saturated heterocycles. The third-order valence-electron chi connectivity index (χ3n) is 4.45. The number of aliphatic carboxylic acids is 1. The second-order valence-corrected chi connectivity index (χ2v) is 6.59. The summed E-state index contributed by atoms with van der Waals surface area (Å²) in [5, 5.41) is 12.1. The monoisotopic (exact) mass is 330 g/mol. The summed E-state index contributed by atoms with van der Waals surface area (Å²) in [6, 6.07) is 7.15. The molecule has 0 aliphatic carbocycles. The maximum atomic E-state index is 12.5. The number of imidazole rings is 1. The fourth-order valence-corrected chi connectivity index (χ4v) is 3.22. The summed E-state index contributed by atoms with van der Waals surface area (Å²) >= 11 is 0. The molecule has 3 unspecified atom stereocenters. The second kappa shape index (κ2) is 6.51. The van der Waals surface area contributed by atoms with E-state index in [4.69, 9.17) is 0 Å². The van der Waals surface area contributed by atoms with Crippen LogP contribution in [-0.4, -0.2) is 45.1 Å². The fourth-order valence-electron chi connectivity index (χ4n) is 3.22. The molecule has 1 aromatic carbocycles. The molecule has 3 rings (SSSR count). The van der Waals surface area contributed by atoms with E-state index in [-0.39, 0.29) is 24.5 Å². The van der Waals surface area contributed by atoms with Crippen LogP contribution in [0, 0.1) is 11.8 Å². The molecule has 7 heteroatoms. The van der Waals surface area contributed by atoms with Gasteiger partial charge in [0.2, 0.25) is 0 Å². The quantitative estimate of drug-likeness (QED) is 0.804. The molecular formula is C17H22N4O3. The van der Waals surface area contributed by atoms with Crippen molar-refractivity contribution in [2.45, 2.75) is 26.3 Å². The number of carbonyl (C=O) groups excluding carboxylic acids is 1. The smallest absolute Gasteiger partial charge is 0.318 e. The number of likely N-dealkylation sites (tertiary alicyclic amines) is 1. The summed E-state index contributed by atoms with van der Waals surface area (Å²) < 4.78 is 0. The van der Waals surface area contributed by atoms with Gasteiger partial charge in [0.1, 0.15) is 5.82 Å². The first-order valence-corrected chi connectivity index (χ1v) is 8.17. The summed E-state index contributed by atoms with van der Waals surface area (Å²) in [5.41, 5.74) is 1.78. The molecule has 0 bridgehead atoms. The van der Waals surface area contributed by atoms with Crippen molar-refractivity contribution in [1.29, 1.82) is 0 Å². The first-order chi connectivity index (χ1) is 11.4. The number of carboxylic acids is 1. The highest BCUT2D eigenvalue weighted by Gasteiger charge is 2.32. The van der Waals surface area contributed by atoms with Gasteiger partial charge in [0, 0.05) is 13.1 Å². The maximum Gasteiger partial charge on any atom is 0.318 e. The predicted octanol–water partition coefficient (Wildman–Crippen LogP) is 2.38. The molecule has 1 aliphatic rings. The van der Waals surface area contributed by atoms with Crippen LogP contribution >= 0.6 is 0 Å². The highest BCUT2D eigenvalue weighted by atomic mass is 16.4. The molecule has 0 radical (unpaired) electrons. The topological polar surface area (TPSA) is 98.3 Å². The van der Waals surface area contributed by atoms with E-state index in [1.807, 2.05) is 38.1 Å². The van der Waals surface area contributed by atoms with Crippen molar-refractivity contribution in [1.82, 2.24) is 20.2 Å². The molecule has 0 spiro atoms. The summed E-state index contributed by atoms with van der Waals surface area (Å²) in [5.74, 6) is -0.484. The Kier molecular flexibility index (Phi) is 4.42. The van der Waals surface area contributed by atoms with Crippen molar-refractivity contribution in [2.24, 2.45) is 11.8 Å². The number of urea groups is 1. The number of nitrogens with zero attached hydrogens (tertiary/aromatic N) is 2. The lowest BCUT2D eigenvalue weighted by atomic mass is 9.91. The maximum absolute atomic E-state index is 12.5. The van der Waals surface area contributed by atoms with Crippen LogP contribution in [0.1, 0.15) is 32.1 Å². The van der Waals surface area contributed by atoms with Gasteiger partial charge in [0.25, 0.3) is 0 Å². The molecule has 0 saturated carbocycles. The average molecular weight is 330 g/mol. The Bertz CT molecular complexity index is 724. The Morgan fingerprint density at radius 2 is 2.12 bits per heavy atom. The number of hydrogen-bond acceptors (Lipinski definition) is 3. The van der Waals surface area contributed by atoms with Gasteiger partial charge in [-0.15, -0.1) is 0 Å². The second-order valence-electron chi connectivity index (χ2n) is 6.59. The van der Waals surface area contributed by atoms with Gasteiger partial charge in [-0.05, 0) is 31.4 Å². The van der Waals surface area contributed by atoms with Crippen LogP contribution in [-0.2, 0) is 4.79 Å². The number of fused-ring (bicyclic) bond motifs is 1. The Morgan fingerprint density at radius 1 is 1.38 bits per heavy atom. The van der Waals surface area contributed by atoms with E-state index in [1.165, 1.54) is 0 Å². The molecule has 3 atom stereocenters. The zero-order valence-electron chi connectivity index (χ0n) is 13.8. The van der Waals surface area contributed by atoms with Crippen molar-refractivity contribution in [2.75, 3.05) is 13.1 Å². The van der Waals surface area contributed by atoms with E-state index in [9.17, 15) is 14.7 Å². The highest BCUT2D eigenvalue weighted by Crippen LogP contribution is 2.22. The van der Waals surface area contributed by atoms with E-state index < -0.39 is 11.9 Å². The van der Waals surface area contributed by atoms with Gasteiger partial charge in [-0.1, -0.05) is 19.1 Å². The lowest BCUT2D eigenvalue weighted by molar-refractivity contribution is -0.143. The summed E-state index contributed by atoms with van der Waals surface area (Å²) in [7, 11) is 0. The Hall–Kier alpha value is -2.57. The number of para-hydroxylation sites is 2. The van der Waals surface area contributed by atoms with E-state index in [2.05, 4.69) is 15.3 Å². The summed E-state index contributed by atoms with van der Waals surface area (Å²) in [6.45, 7) is 4.65. The Morgan fingerprint density at radius 3 is 2.83 bits per heavy atom. The number of aromatic nitrogens is 2. The van der Waals surface area contributed by atoms with Gasteiger partial charge in [-0.3, -0.25) is 4.79 Å². The van der Waals surface area contributed by atoms with Crippen LogP contribution < -0.4 is 5.32 Å². The van der Waals surface area contributed by atoms with Gasteiger partial charge >= 0.3 is 12.0 Å². The molecule has 3 N–H and O–H groups in total. The zero-order valence-corrected chi connectivity index (χ0v) is 13.8. The van der Waals surface area contributed by atoms with Gasteiger partial charge in [-0.25, -0.2) is 9.78 Å². The Balaban J connectivity index is 1.68. The number of rotatable bonds is 3. The number of nitrogens with one attached hydrogen (secondary N) is 2. The van der Waals surface area contributed by atoms with Crippen LogP contribution in [0.3, 0.4) is 0 Å². The highest BCUT2D eigenvalue weighted by molar-refractivity contribution is 5.78. The summed E-state index contributed by atoms with van der Waals surface area (Å²) in [4.78, 5) is 33.0. The van der Waals surface area contributed by atoms with Gasteiger partial charge in [0.05, 0.1) is 23.0 Å². The molecule has 24 heavy (non-hydrogen) atoms. The standard InChI is InChI=1S/C17H22N4O3/c1-10-7-12(16(22)23)9-21(8-10)17(24)18-11(2)15-19-13-5-3-4-6-14(13)20-15/h3-6,10-12H,7-9H2,1-2H3,(H,18,24)(H,19,20)(H,22,23). The minimum Gasteiger partial charge on any atom is -0.481 e. The Labute approximate surface area is 140 Å². The normalized spacial score (nSPS) is 22.3. The van der Waals surface area contributed by atoms with E-state index in [0.29, 0.717) is 18.8 Å². The number of carboxylic acid groups (broad SMARTS) is 1. The average Bonchev–Trinajstić information content (AvgIpc) is 2.98. The van der Waals surface area contributed by atoms with Crippen LogP contribution in [0.4, 0.5) is 4.79 Å². The molecule has 1 aliphatic heterocycles. The lowest BCUT2D eigenvalue weighted by Crippen LogP contribution is -2.50. The van der Waals surface area contributed by atoms with Crippen molar-refractivity contribution >= 4 is 23.0 Å². The number of H-pyrrole nitrogens is 1. The molecule has 2 amide bonds. The van der Waals surface area contributed by atoms with Crippen molar-refractivity contribution in [3.63, 3.8) is 0 Å². The first kappa shape index (κ1) is 16.3. The number of aromatic amines is 1. The van der Waals surface area contributed by atoms with Gasteiger partial charge < -0.3 is 20.3 Å². The number of amides is 2. The van der Waals surface area contributed by atoms with Crippen molar-refractivity contribution in [3.05, 3.63) is 30.1 Å². The van der Waals surface area contributed by atoms with Gasteiger partial charge in [-0.2, -0.15) is 0 Å². The molecule has 7 nitrogen and oxygen atoms in total. The summed E-state index contributed by atoms with van der Waals surface area (Å²) in [6.07, 6.45) is 0.609. The molecule has 1 fully saturated rings. The number of benzene rings is 1. The molecule has 1 aromatic heterocycles. The van der Waals surface area contributed by atoms with Crippen LogP contribution in [0.15, 0.2) is 24.3 Å².